The van der Waals surface area contributed by atoms with Crippen molar-refractivity contribution in [3.8, 4) is 11.3 Å². The number of piperidine rings is 1. The van der Waals surface area contributed by atoms with Crippen LogP contribution in [0.5, 0.6) is 0 Å². The molecule has 4 N–H and O–H groups in total. The Labute approximate surface area is 170 Å². The van der Waals surface area contributed by atoms with Crippen LogP contribution in [0.4, 0.5) is 17.7 Å². The van der Waals surface area contributed by atoms with Gasteiger partial charge in [0.25, 0.3) is 0 Å². The SMILES string of the molecule is CN1CCCC(CO)(Nc2cc(-c3cnc(N)nc3)nc(N3CCOCC3)n2)C1. The average Bonchev–Trinajstić information content (AvgIpc) is 2.74. The molecule has 2 aliphatic heterocycles. The van der Waals surface area contributed by atoms with Gasteiger partial charge in [-0.15, -0.1) is 0 Å². The number of aliphatic hydroxyl groups excluding tert-OH is 1. The van der Waals surface area contributed by atoms with Gasteiger partial charge in [0.1, 0.15) is 5.82 Å². The lowest BCUT2D eigenvalue weighted by Gasteiger charge is -2.41. The van der Waals surface area contributed by atoms with Gasteiger partial charge in [-0.1, -0.05) is 0 Å². The third-order valence-corrected chi connectivity index (χ3v) is 5.44. The van der Waals surface area contributed by atoms with Crippen LogP contribution >= 0.6 is 0 Å². The average molecular weight is 400 g/mol. The van der Waals surface area contributed by atoms with E-state index >= 15 is 0 Å². The van der Waals surface area contributed by atoms with Gasteiger partial charge in [0.05, 0.1) is 31.1 Å². The summed E-state index contributed by atoms with van der Waals surface area (Å²) in [5.41, 5.74) is 6.67. The number of aliphatic hydroxyl groups is 1. The van der Waals surface area contributed by atoms with E-state index in [1.807, 2.05) is 6.07 Å². The van der Waals surface area contributed by atoms with Crippen LogP contribution in [0.1, 0.15) is 12.8 Å². The van der Waals surface area contributed by atoms with E-state index in [0.717, 1.165) is 44.6 Å². The van der Waals surface area contributed by atoms with Gasteiger partial charge in [0.15, 0.2) is 0 Å². The summed E-state index contributed by atoms with van der Waals surface area (Å²) < 4.78 is 5.46. The summed E-state index contributed by atoms with van der Waals surface area (Å²) in [6.07, 6.45) is 5.22. The lowest BCUT2D eigenvalue weighted by atomic mass is 9.90. The van der Waals surface area contributed by atoms with Crippen molar-refractivity contribution < 1.29 is 9.84 Å². The van der Waals surface area contributed by atoms with Crippen LogP contribution in [0.25, 0.3) is 11.3 Å². The summed E-state index contributed by atoms with van der Waals surface area (Å²) in [4.78, 5) is 22.0. The highest BCUT2D eigenvalue weighted by Crippen LogP contribution is 2.28. The highest BCUT2D eigenvalue weighted by atomic mass is 16.5. The van der Waals surface area contributed by atoms with Crippen LogP contribution in [0.15, 0.2) is 18.5 Å². The van der Waals surface area contributed by atoms with Crippen molar-refractivity contribution in [2.75, 3.05) is 69.0 Å². The molecule has 2 saturated heterocycles. The molecule has 0 aromatic carbocycles. The number of rotatable bonds is 5. The summed E-state index contributed by atoms with van der Waals surface area (Å²) in [6.45, 7) is 4.57. The van der Waals surface area contributed by atoms with Crippen molar-refractivity contribution in [1.29, 1.82) is 0 Å². The minimum absolute atomic E-state index is 0.0363. The highest BCUT2D eigenvalue weighted by molar-refractivity contribution is 5.64. The second-order valence-corrected chi connectivity index (χ2v) is 7.77. The smallest absolute Gasteiger partial charge is 0.228 e. The molecule has 156 valence electrons. The number of likely N-dealkylation sites (tertiary alicyclic amines) is 1. The molecular weight excluding hydrogens is 372 g/mol. The first-order chi connectivity index (χ1) is 14.1. The third kappa shape index (κ3) is 4.55. The Kier molecular flexibility index (Phi) is 5.74. The van der Waals surface area contributed by atoms with Crippen molar-refractivity contribution >= 4 is 17.7 Å². The van der Waals surface area contributed by atoms with Gasteiger partial charge < -0.3 is 30.7 Å². The number of hydrogen-bond acceptors (Lipinski definition) is 10. The van der Waals surface area contributed by atoms with Gasteiger partial charge in [0, 0.05) is 43.7 Å². The van der Waals surface area contributed by atoms with Crippen LogP contribution < -0.4 is 16.0 Å². The molecule has 0 saturated carbocycles. The van der Waals surface area contributed by atoms with Crippen molar-refractivity contribution in [1.82, 2.24) is 24.8 Å². The number of aromatic nitrogens is 4. The summed E-state index contributed by atoms with van der Waals surface area (Å²) >= 11 is 0. The second-order valence-electron chi connectivity index (χ2n) is 7.77. The molecule has 1 atom stereocenters. The molecule has 2 aliphatic rings. The van der Waals surface area contributed by atoms with Gasteiger partial charge in [-0.25, -0.2) is 15.0 Å². The first-order valence-corrected chi connectivity index (χ1v) is 9.94. The molecule has 2 aromatic rings. The van der Waals surface area contributed by atoms with Crippen molar-refractivity contribution in [2.45, 2.75) is 18.4 Å². The fourth-order valence-corrected chi connectivity index (χ4v) is 3.93. The Morgan fingerprint density at radius 1 is 1.21 bits per heavy atom. The monoisotopic (exact) mass is 400 g/mol. The van der Waals surface area contributed by atoms with E-state index in [4.69, 9.17) is 20.4 Å². The second kappa shape index (κ2) is 8.44. The maximum Gasteiger partial charge on any atom is 0.228 e. The number of likely N-dealkylation sites (N-methyl/N-ethyl adjacent to an activating group) is 1. The van der Waals surface area contributed by atoms with Crippen LogP contribution in [0, 0.1) is 0 Å². The Hall–Kier alpha value is -2.56. The minimum Gasteiger partial charge on any atom is -0.394 e. The van der Waals surface area contributed by atoms with E-state index in [1.165, 1.54) is 0 Å². The standard InChI is InChI=1S/C19H28N8O2/c1-26-4-2-3-19(12-26,13-28)25-16-9-15(14-10-21-17(20)22-11-14)23-18(24-16)27-5-7-29-8-6-27/h9-11,28H,2-8,12-13H2,1H3,(H2,20,21,22)(H,23,24,25). The quantitative estimate of drug-likeness (QED) is 0.642. The first-order valence-electron chi connectivity index (χ1n) is 9.94. The normalized spacial score (nSPS) is 23.2. The van der Waals surface area contributed by atoms with E-state index in [9.17, 15) is 5.11 Å². The molecule has 1 unspecified atom stereocenters. The zero-order valence-electron chi connectivity index (χ0n) is 16.7. The zero-order chi connectivity index (χ0) is 20.3. The van der Waals surface area contributed by atoms with Crippen molar-refractivity contribution in [3.05, 3.63) is 18.5 Å². The van der Waals surface area contributed by atoms with Crippen LogP contribution in [-0.2, 0) is 4.74 Å². The number of nitrogens with one attached hydrogen (secondary N) is 1. The fraction of sp³-hybridized carbons (Fsp3) is 0.579. The molecule has 2 aromatic heterocycles. The fourth-order valence-electron chi connectivity index (χ4n) is 3.93. The minimum atomic E-state index is -0.432. The number of ether oxygens (including phenoxy) is 1. The van der Waals surface area contributed by atoms with Gasteiger partial charge >= 0.3 is 0 Å². The van der Waals surface area contributed by atoms with Crippen LogP contribution in [0.2, 0.25) is 0 Å². The molecule has 2 fully saturated rings. The highest BCUT2D eigenvalue weighted by Gasteiger charge is 2.34. The van der Waals surface area contributed by atoms with Crippen LogP contribution in [-0.4, -0.2) is 88.5 Å². The lowest BCUT2D eigenvalue weighted by molar-refractivity contribution is 0.121. The van der Waals surface area contributed by atoms with E-state index in [1.54, 1.807) is 12.4 Å². The molecule has 29 heavy (non-hydrogen) atoms. The van der Waals surface area contributed by atoms with E-state index < -0.39 is 5.54 Å². The van der Waals surface area contributed by atoms with E-state index in [0.29, 0.717) is 30.7 Å². The van der Waals surface area contributed by atoms with E-state index in [-0.39, 0.29) is 12.6 Å². The Bertz CT molecular complexity index is 827. The summed E-state index contributed by atoms with van der Waals surface area (Å²) in [7, 11) is 2.07. The number of hydrogen-bond donors (Lipinski definition) is 3. The van der Waals surface area contributed by atoms with Crippen molar-refractivity contribution in [3.63, 3.8) is 0 Å². The third-order valence-electron chi connectivity index (χ3n) is 5.44. The topological polar surface area (TPSA) is 126 Å². The number of anilines is 3. The number of morpholine rings is 1. The Balaban J connectivity index is 1.69. The summed E-state index contributed by atoms with van der Waals surface area (Å²) in [6, 6.07) is 1.88. The van der Waals surface area contributed by atoms with Gasteiger partial charge in [0.2, 0.25) is 11.9 Å². The molecule has 0 bridgehead atoms. The predicted molar refractivity (Wildman–Crippen MR) is 111 cm³/mol. The maximum atomic E-state index is 10.2. The molecule has 10 nitrogen and oxygen atoms in total. The molecule has 0 radical (unpaired) electrons. The molecule has 0 spiro atoms. The van der Waals surface area contributed by atoms with Gasteiger partial charge in [-0.3, -0.25) is 0 Å². The van der Waals surface area contributed by atoms with Crippen molar-refractivity contribution in [2.24, 2.45) is 0 Å². The Morgan fingerprint density at radius 2 is 1.97 bits per heavy atom. The summed E-state index contributed by atoms with van der Waals surface area (Å²) in [5.74, 6) is 1.53. The molecule has 0 amide bonds. The maximum absolute atomic E-state index is 10.2. The van der Waals surface area contributed by atoms with Gasteiger partial charge in [-0.2, -0.15) is 4.98 Å². The molecule has 0 aliphatic carbocycles. The molecule has 4 rings (SSSR count). The number of nitrogen functional groups attached to an aromatic ring is 1. The van der Waals surface area contributed by atoms with Gasteiger partial charge in [-0.05, 0) is 26.4 Å². The summed E-state index contributed by atoms with van der Waals surface area (Å²) in [5, 5.41) is 13.7. The molecule has 10 heteroatoms. The molecule has 4 heterocycles. The number of nitrogens with zero attached hydrogens (tertiary/aromatic N) is 6. The number of nitrogens with two attached hydrogens (primary N) is 1. The lowest BCUT2D eigenvalue weighted by Crippen LogP contribution is -2.54. The molecular formula is C19H28N8O2. The van der Waals surface area contributed by atoms with Crippen LogP contribution in [0.3, 0.4) is 0 Å². The zero-order valence-corrected chi connectivity index (χ0v) is 16.7. The first kappa shape index (κ1) is 19.7. The van der Waals surface area contributed by atoms with E-state index in [2.05, 4.69) is 32.1 Å². The largest absolute Gasteiger partial charge is 0.394 e. The Morgan fingerprint density at radius 3 is 2.66 bits per heavy atom. The predicted octanol–water partition coefficient (Wildman–Crippen LogP) is 0.221.